The molecule has 0 spiro atoms. The molecule has 0 radical (unpaired) electrons. The average Bonchev–Trinajstić information content (AvgIpc) is 2.57. The fourth-order valence-electron chi connectivity index (χ4n) is 2.20. The van der Waals surface area contributed by atoms with Gasteiger partial charge in [-0.05, 0) is 18.2 Å². The first-order chi connectivity index (χ1) is 12.3. The van der Waals surface area contributed by atoms with Crippen molar-refractivity contribution in [3.05, 3.63) is 59.9 Å². The molecule has 140 valence electrons. The van der Waals surface area contributed by atoms with Crippen LogP contribution in [0.25, 0.3) is 0 Å². The molecular weight excluding hydrogens is 354 g/mol. The first-order valence-electron chi connectivity index (χ1n) is 7.71. The van der Waals surface area contributed by atoms with Crippen LogP contribution < -0.4 is 9.47 Å². The lowest BCUT2D eigenvalue weighted by molar-refractivity contribution is -0.275. The molecule has 26 heavy (non-hydrogen) atoms. The lowest BCUT2D eigenvalue weighted by Gasteiger charge is -2.20. The van der Waals surface area contributed by atoms with E-state index in [0.717, 1.165) is 0 Å². The number of ether oxygens (including phenoxy) is 2. The van der Waals surface area contributed by atoms with Crippen molar-refractivity contribution in [1.29, 1.82) is 0 Å². The van der Waals surface area contributed by atoms with E-state index in [1.165, 1.54) is 48.3 Å². The molecule has 0 N–H and O–H groups in total. The Labute approximate surface area is 147 Å². The van der Waals surface area contributed by atoms with Crippen LogP contribution in [0.3, 0.4) is 0 Å². The maximum absolute atomic E-state index is 13.4. The van der Waals surface area contributed by atoms with Crippen LogP contribution in [-0.4, -0.2) is 30.8 Å². The van der Waals surface area contributed by atoms with Gasteiger partial charge in [-0.15, -0.1) is 13.2 Å². The zero-order valence-corrected chi connectivity index (χ0v) is 13.9. The summed E-state index contributed by atoms with van der Waals surface area (Å²) in [5.41, 5.74) is 0.218. The van der Waals surface area contributed by atoms with Gasteiger partial charge in [-0.3, -0.25) is 4.79 Å². The summed E-state index contributed by atoms with van der Waals surface area (Å²) in [6.07, 6.45) is -4.86. The standard InChI is InChI=1S/C18H17F4NO3/c1-23(12-13-6-2-4-8-15(13)26-18(20,21)22)17(24)10-11-25-16-9-5-3-7-14(16)19/h2-9H,10-12H2,1H3. The molecule has 0 aliphatic heterocycles. The third kappa shape index (κ3) is 5.94. The molecule has 0 saturated heterocycles. The zero-order chi connectivity index (χ0) is 19.2. The number of carbonyl (C=O) groups is 1. The number of alkyl halides is 3. The van der Waals surface area contributed by atoms with Gasteiger partial charge in [-0.1, -0.05) is 30.3 Å². The average molecular weight is 371 g/mol. The van der Waals surface area contributed by atoms with Crippen LogP contribution in [0, 0.1) is 5.82 Å². The van der Waals surface area contributed by atoms with Gasteiger partial charge in [0.25, 0.3) is 0 Å². The van der Waals surface area contributed by atoms with Crippen molar-refractivity contribution in [3.8, 4) is 11.5 Å². The molecule has 0 aromatic heterocycles. The van der Waals surface area contributed by atoms with Crippen LogP contribution >= 0.6 is 0 Å². The van der Waals surface area contributed by atoms with E-state index in [4.69, 9.17) is 4.74 Å². The van der Waals surface area contributed by atoms with E-state index in [1.54, 1.807) is 12.1 Å². The molecule has 2 rings (SSSR count). The molecular formula is C18H17F4NO3. The Morgan fingerprint density at radius 3 is 2.31 bits per heavy atom. The molecule has 0 bridgehead atoms. The summed E-state index contributed by atoms with van der Waals surface area (Å²) in [6.45, 7) is -0.115. The van der Waals surface area contributed by atoms with Crippen molar-refractivity contribution in [2.24, 2.45) is 0 Å². The lowest BCUT2D eigenvalue weighted by Crippen LogP contribution is -2.28. The molecule has 2 aromatic carbocycles. The summed E-state index contributed by atoms with van der Waals surface area (Å²) >= 11 is 0. The van der Waals surface area contributed by atoms with Crippen molar-refractivity contribution >= 4 is 5.91 Å². The molecule has 0 atom stereocenters. The first kappa shape index (κ1) is 19.6. The van der Waals surface area contributed by atoms with Crippen molar-refractivity contribution in [1.82, 2.24) is 4.90 Å². The number of hydrogen-bond acceptors (Lipinski definition) is 3. The molecule has 0 aliphatic rings. The number of para-hydroxylation sites is 2. The van der Waals surface area contributed by atoms with E-state index in [2.05, 4.69) is 4.74 Å². The Balaban J connectivity index is 1.90. The Bertz CT molecular complexity index is 749. The van der Waals surface area contributed by atoms with Gasteiger partial charge in [0.05, 0.1) is 13.0 Å². The monoisotopic (exact) mass is 371 g/mol. The normalized spacial score (nSPS) is 11.1. The van der Waals surface area contributed by atoms with Crippen molar-refractivity contribution in [2.45, 2.75) is 19.3 Å². The van der Waals surface area contributed by atoms with Gasteiger partial charge >= 0.3 is 6.36 Å². The third-order valence-corrected chi connectivity index (χ3v) is 3.44. The topological polar surface area (TPSA) is 38.8 Å². The minimum Gasteiger partial charge on any atom is -0.490 e. The highest BCUT2D eigenvalue weighted by molar-refractivity contribution is 5.76. The van der Waals surface area contributed by atoms with Gasteiger partial charge in [-0.25, -0.2) is 4.39 Å². The van der Waals surface area contributed by atoms with E-state index in [9.17, 15) is 22.4 Å². The number of hydrogen-bond donors (Lipinski definition) is 0. The maximum Gasteiger partial charge on any atom is 0.573 e. The molecule has 0 fully saturated rings. The summed E-state index contributed by atoms with van der Waals surface area (Å²) in [6, 6.07) is 11.4. The summed E-state index contributed by atoms with van der Waals surface area (Å²) in [4.78, 5) is 13.4. The molecule has 0 saturated carbocycles. The Kier molecular flexibility index (Phi) is 6.43. The second-order valence-corrected chi connectivity index (χ2v) is 5.43. The molecule has 0 unspecified atom stereocenters. The van der Waals surface area contributed by atoms with Gasteiger partial charge in [0, 0.05) is 19.2 Å². The number of rotatable bonds is 7. The van der Waals surface area contributed by atoms with Crippen LogP contribution in [0.15, 0.2) is 48.5 Å². The van der Waals surface area contributed by atoms with Gasteiger partial charge < -0.3 is 14.4 Å². The highest BCUT2D eigenvalue weighted by atomic mass is 19.4. The summed E-state index contributed by atoms with van der Waals surface area (Å²) in [7, 11) is 1.45. The molecule has 4 nitrogen and oxygen atoms in total. The number of halogens is 4. The van der Waals surface area contributed by atoms with Crippen molar-refractivity contribution in [2.75, 3.05) is 13.7 Å². The number of benzene rings is 2. The zero-order valence-electron chi connectivity index (χ0n) is 13.9. The van der Waals surface area contributed by atoms with Crippen LogP contribution in [0.4, 0.5) is 17.6 Å². The van der Waals surface area contributed by atoms with E-state index in [1.807, 2.05) is 0 Å². The summed E-state index contributed by atoms with van der Waals surface area (Å²) < 4.78 is 59.9. The van der Waals surface area contributed by atoms with E-state index in [0.29, 0.717) is 0 Å². The van der Waals surface area contributed by atoms with Crippen LogP contribution in [0.5, 0.6) is 11.5 Å². The Morgan fingerprint density at radius 1 is 1.04 bits per heavy atom. The Morgan fingerprint density at radius 2 is 1.65 bits per heavy atom. The fourth-order valence-corrected chi connectivity index (χ4v) is 2.20. The van der Waals surface area contributed by atoms with Crippen LogP contribution in [-0.2, 0) is 11.3 Å². The molecule has 0 heterocycles. The SMILES string of the molecule is CN(Cc1ccccc1OC(F)(F)F)C(=O)CCOc1ccccc1F. The highest BCUT2D eigenvalue weighted by Crippen LogP contribution is 2.27. The van der Waals surface area contributed by atoms with E-state index >= 15 is 0 Å². The highest BCUT2D eigenvalue weighted by Gasteiger charge is 2.32. The second kappa shape index (κ2) is 8.55. The summed E-state index contributed by atoms with van der Waals surface area (Å²) in [5, 5.41) is 0. The third-order valence-electron chi connectivity index (χ3n) is 3.44. The van der Waals surface area contributed by atoms with Crippen LogP contribution in [0.2, 0.25) is 0 Å². The quantitative estimate of drug-likeness (QED) is 0.687. The predicted molar refractivity (Wildman–Crippen MR) is 86.1 cm³/mol. The lowest BCUT2D eigenvalue weighted by atomic mass is 10.2. The number of carbonyl (C=O) groups excluding carboxylic acids is 1. The Hall–Kier alpha value is -2.77. The molecule has 0 aliphatic carbocycles. The van der Waals surface area contributed by atoms with Crippen molar-refractivity contribution < 1.29 is 31.8 Å². The fraction of sp³-hybridized carbons (Fsp3) is 0.278. The molecule has 1 amide bonds. The second-order valence-electron chi connectivity index (χ2n) is 5.43. The first-order valence-corrected chi connectivity index (χ1v) is 7.71. The largest absolute Gasteiger partial charge is 0.573 e. The van der Waals surface area contributed by atoms with E-state index < -0.39 is 12.2 Å². The van der Waals surface area contributed by atoms with Crippen molar-refractivity contribution in [3.63, 3.8) is 0 Å². The smallest absolute Gasteiger partial charge is 0.490 e. The van der Waals surface area contributed by atoms with Crippen LogP contribution in [0.1, 0.15) is 12.0 Å². The minimum atomic E-state index is -4.81. The predicted octanol–water partition coefficient (Wildman–Crippen LogP) is 4.15. The summed E-state index contributed by atoms with van der Waals surface area (Å²) in [5.74, 6) is -1.22. The minimum absolute atomic E-state index is 0.0341. The van der Waals surface area contributed by atoms with E-state index in [-0.39, 0.29) is 42.5 Å². The van der Waals surface area contributed by atoms with Gasteiger partial charge in [-0.2, -0.15) is 0 Å². The van der Waals surface area contributed by atoms with Gasteiger partial charge in [0.2, 0.25) is 5.91 Å². The maximum atomic E-state index is 13.4. The molecule has 2 aromatic rings. The number of nitrogens with zero attached hydrogens (tertiary/aromatic N) is 1. The molecule has 8 heteroatoms. The van der Waals surface area contributed by atoms with Gasteiger partial charge in [0.1, 0.15) is 5.75 Å². The number of amides is 1. The van der Waals surface area contributed by atoms with Gasteiger partial charge in [0.15, 0.2) is 11.6 Å².